The minimum absolute atomic E-state index is 0.0177. The summed E-state index contributed by atoms with van der Waals surface area (Å²) in [5, 5.41) is 1.25. The lowest BCUT2D eigenvalue weighted by atomic mass is 9.95. The Bertz CT molecular complexity index is 879. The zero-order chi connectivity index (χ0) is 16.9. The Labute approximate surface area is 144 Å². The SMILES string of the molecule is CC(=O)[C@@]12C[C@@H]1[C@@H](n1ccc3c(Cl)ncnc31)[C@@H]1OC(C)(C)O[C@@H]12. The minimum atomic E-state index is -0.681. The Morgan fingerprint density at radius 3 is 2.92 bits per heavy atom. The molecule has 2 aromatic heterocycles. The number of hydrogen-bond acceptors (Lipinski definition) is 5. The first-order chi connectivity index (χ1) is 11.3. The second kappa shape index (κ2) is 4.36. The van der Waals surface area contributed by atoms with Crippen molar-refractivity contribution in [2.45, 2.75) is 51.2 Å². The minimum Gasteiger partial charge on any atom is -0.343 e. The van der Waals surface area contributed by atoms with Gasteiger partial charge in [-0.1, -0.05) is 11.6 Å². The summed E-state index contributed by atoms with van der Waals surface area (Å²) < 4.78 is 14.4. The van der Waals surface area contributed by atoms with Gasteiger partial charge in [-0.3, -0.25) is 4.79 Å². The number of ether oxygens (including phenoxy) is 2. The van der Waals surface area contributed by atoms with E-state index in [0.717, 1.165) is 17.5 Å². The summed E-state index contributed by atoms with van der Waals surface area (Å²) in [4.78, 5) is 20.8. The molecule has 1 saturated heterocycles. The second-order valence-corrected chi connectivity index (χ2v) is 7.90. The monoisotopic (exact) mass is 347 g/mol. The van der Waals surface area contributed by atoms with Gasteiger partial charge in [0.15, 0.2) is 5.79 Å². The van der Waals surface area contributed by atoms with Crippen LogP contribution in [0.25, 0.3) is 11.0 Å². The molecule has 3 heterocycles. The summed E-state index contributed by atoms with van der Waals surface area (Å²) >= 11 is 6.18. The number of nitrogens with zero attached hydrogens (tertiary/aromatic N) is 3. The Morgan fingerprint density at radius 1 is 1.38 bits per heavy atom. The lowest BCUT2D eigenvalue weighted by molar-refractivity contribution is -0.163. The third-order valence-corrected chi connectivity index (χ3v) is 6.18. The van der Waals surface area contributed by atoms with Gasteiger partial charge < -0.3 is 14.0 Å². The third kappa shape index (κ3) is 1.66. The van der Waals surface area contributed by atoms with Crippen LogP contribution in [-0.4, -0.2) is 38.3 Å². The molecule has 0 bridgehead atoms. The van der Waals surface area contributed by atoms with E-state index < -0.39 is 11.2 Å². The molecular formula is C17H18ClN3O3. The van der Waals surface area contributed by atoms with E-state index in [1.165, 1.54) is 6.33 Å². The maximum Gasteiger partial charge on any atom is 0.163 e. The van der Waals surface area contributed by atoms with Crippen LogP contribution in [0.4, 0.5) is 0 Å². The smallest absolute Gasteiger partial charge is 0.163 e. The maximum atomic E-state index is 12.4. The van der Waals surface area contributed by atoms with Crippen LogP contribution >= 0.6 is 11.6 Å². The molecule has 7 heteroatoms. The third-order valence-electron chi connectivity index (χ3n) is 5.88. The summed E-state index contributed by atoms with van der Waals surface area (Å²) in [6, 6.07) is 1.94. The Kier molecular flexibility index (Phi) is 2.69. The highest BCUT2D eigenvalue weighted by molar-refractivity contribution is 6.33. The fourth-order valence-corrected chi connectivity index (χ4v) is 5.05. The molecule has 2 saturated carbocycles. The summed E-state index contributed by atoms with van der Waals surface area (Å²) in [5.74, 6) is -0.278. The molecule has 0 amide bonds. The van der Waals surface area contributed by atoms with Crippen LogP contribution in [0.3, 0.4) is 0 Å². The van der Waals surface area contributed by atoms with Crippen molar-refractivity contribution in [3.05, 3.63) is 23.7 Å². The molecule has 0 radical (unpaired) electrons. The first-order valence-electron chi connectivity index (χ1n) is 8.19. The molecule has 24 heavy (non-hydrogen) atoms. The fraction of sp³-hybridized carbons (Fsp3) is 0.588. The second-order valence-electron chi connectivity index (χ2n) is 7.54. The molecule has 0 aromatic carbocycles. The first-order valence-corrected chi connectivity index (χ1v) is 8.57. The van der Waals surface area contributed by atoms with Crippen molar-refractivity contribution >= 4 is 28.4 Å². The molecular weight excluding hydrogens is 330 g/mol. The number of halogens is 1. The largest absolute Gasteiger partial charge is 0.343 e. The van der Waals surface area contributed by atoms with Gasteiger partial charge in [0.05, 0.1) is 16.8 Å². The van der Waals surface area contributed by atoms with Gasteiger partial charge in [0.25, 0.3) is 0 Å². The van der Waals surface area contributed by atoms with Crippen LogP contribution in [0.1, 0.15) is 33.2 Å². The van der Waals surface area contributed by atoms with E-state index in [1.54, 1.807) is 6.92 Å². The van der Waals surface area contributed by atoms with Gasteiger partial charge in [-0.2, -0.15) is 0 Å². The lowest BCUT2D eigenvalue weighted by Crippen LogP contribution is -2.34. The topological polar surface area (TPSA) is 66.2 Å². The molecule has 3 aliphatic rings. The standard InChI is InChI=1S/C17H18ClN3O3/c1-8(22)17-6-10(17)11(12-13(17)24-16(2,3)23-12)21-5-4-9-14(18)19-7-20-15(9)21/h4-5,7,10-13H,6H2,1-3H3/t10-,11-,12+,13+,17+/m1/s1. The average Bonchev–Trinajstić information content (AvgIpc) is 2.81. The van der Waals surface area contributed by atoms with E-state index >= 15 is 0 Å². The van der Waals surface area contributed by atoms with Crippen LogP contribution in [0.15, 0.2) is 18.6 Å². The Hall–Kier alpha value is -1.50. The Morgan fingerprint density at radius 2 is 2.17 bits per heavy atom. The van der Waals surface area contributed by atoms with Crippen molar-refractivity contribution in [3.63, 3.8) is 0 Å². The highest BCUT2D eigenvalue weighted by Crippen LogP contribution is 2.71. The predicted molar refractivity (Wildman–Crippen MR) is 86.6 cm³/mol. The fourth-order valence-electron chi connectivity index (χ4n) is 4.86. The van der Waals surface area contributed by atoms with Crippen molar-refractivity contribution in [1.29, 1.82) is 0 Å². The van der Waals surface area contributed by atoms with Gasteiger partial charge in [-0.05, 0) is 39.2 Å². The maximum absolute atomic E-state index is 12.4. The molecule has 0 spiro atoms. The quantitative estimate of drug-likeness (QED) is 0.781. The molecule has 0 N–H and O–H groups in total. The predicted octanol–water partition coefficient (Wildman–Crippen LogP) is 2.75. The van der Waals surface area contributed by atoms with Gasteiger partial charge in [0.1, 0.15) is 35.1 Å². The summed E-state index contributed by atoms with van der Waals surface area (Å²) in [6.45, 7) is 5.47. The molecule has 5 rings (SSSR count). The van der Waals surface area contributed by atoms with E-state index in [9.17, 15) is 4.79 Å². The molecule has 2 aromatic rings. The summed E-state index contributed by atoms with van der Waals surface area (Å²) in [5.41, 5.74) is 0.356. The van der Waals surface area contributed by atoms with Crippen LogP contribution < -0.4 is 0 Å². The molecule has 126 valence electrons. The number of hydrogen-bond donors (Lipinski definition) is 0. The van der Waals surface area contributed by atoms with E-state index in [0.29, 0.717) is 5.15 Å². The van der Waals surface area contributed by atoms with Crippen molar-refractivity contribution in [1.82, 2.24) is 14.5 Å². The zero-order valence-electron chi connectivity index (χ0n) is 13.7. The average molecular weight is 348 g/mol. The normalized spacial score (nSPS) is 39.0. The highest BCUT2D eigenvalue weighted by Gasteiger charge is 2.78. The zero-order valence-corrected chi connectivity index (χ0v) is 14.4. The van der Waals surface area contributed by atoms with Gasteiger partial charge >= 0.3 is 0 Å². The van der Waals surface area contributed by atoms with E-state index in [4.69, 9.17) is 21.1 Å². The first kappa shape index (κ1) is 14.8. The van der Waals surface area contributed by atoms with Crippen LogP contribution in [0.2, 0.25) is 5.15 Å². The van der Waals surface area contributed by atoms with E-state index in [2.05, 4.69) is 14.5 Å². The van der Waals surface area contributed by atoms with Crippen LogP contribution in [0, 0.1) is 11.3 Å². The van der Waals surface area contributed by atoms with E-state index in [1.807, 2.05) is 26.1 Å². The van der Waals surface area contributed by atoms with Gasteiger partial charge in [0, 0.05) is 6.20 Å². The van der Waals surface area contributed by atoms with Crippen molar-refractivity contribution in [3.8, 4) is 0 Å². The number of Topliss-reactive ketones (excluding diaryl/α,β-unsaturated/α-hetero) is 1. The van der Waals surface area contributed by atoms with Gasteiger partial charge in [-0.25, -0.2) is 9.97 Å². The van der Waals surface area contributed by atoms with Crippen LogP contribution in [0.5, 0.6) is 0 Å². The number of fused-ring (bicyclic) bond motifs is 4. The van der Waals surface area contributed by atoms with Crippen molar-refractivity contribution < 1.29 is 14.3 Å². The molecule has 2 aliphatic carbocycles. The summed E-state index contributed by atoms with van der Waals surface area (Å²) in [6.07, 6.45) is 3.92. The van der Waals surface area contributed by atoms with Gasteiger partial charge in [-0.15, -0.1) is 0 Å². The number of ketones is 1. The number of carbonyl (C=O) groups is 1. The molecule has 6 nitrogen and oxygen atoms in total. The highest BCUT2D eigenvalue weighted by atomic mass is 35.5. The number of aromatic nitrogens is 3. The molecule has 0 unspecified atom stereocenters. The van der Waals surface area contributed by atoms with E-state index in [-0.39, 0.29) is 30.0 Å². The molecule has 3 fully saturated rings. The molecule has 5 atom stereocenters. The Balaban J connectivity index is 1.66. The summed E-state index contributed by atoms with van der Waals surface area (Å²) in [7, 11) is 0. The number of rotatable bonds is 2. The number of carbonyl (C=O) groups excluding carboxylic acids is 1. The van der Waals surface area contributed by atoms with Crippen LogP contribution in [-0.2, 0) is 14.3 Å². The lowest BCUT2D eigenvalue weighted by Gasteiger charge is -2.24. The van der Waals surface area contributed by atoms with Gasteiger partial charge in [0.2, 0.25) is 0 Å². The molecule has 1 aliphatic heterocycles. The van der Waals surface area contributed by atoms with Crippen molar-refractivity contribution in [2.24, 2.45) is 11.3 Å². The van der Waals surface area contributed by atoms with Crippen molar-refractivity contribution in [2.75, 3.05) is 0 Å².